The lowest BCUT2D eigenvalue weighted by atomic mass is 9.94. The zero-order chi connectivity index (χ0) is 22.4. The number of likely N-dealkylation sites (N-methyl/N-ethyl adjacent to an activating group) is 1. The highest BCUT2D eigenvalue weighted by atomic mass is 16.5. The zero-order valence-corrected chi connectivity index (χ0v) is 18.3. The number of nitrogens with zero attached hydrogens (tertiary/aromatic N) is 1. The van der Waals surface area contributed by atoms with Gasteiger partial charge in [-0.2, -0.15) is 0 Å². The maximum absolute atomic E-state index is 13.2. The molecule has 3 amide bonds. The van der Waals surface area contributed by atoms with Gasteiger partial charge in [0.15, 0.2) is 0 Å². The van der Waals surface area contributed by atoms with Gasteiger partial charge in [0.1, 0.15) is 18.5 Å². The van der Waals surface area contributed by atoms with Crippen molar-refractivity contribution in [3.63, 3.8) is 0 Å². The highest BCUT2D eigenvalue weighted by Gasteiger charge is 2.39. The van der Waals surface area contributed by atoms with Gasteiger partial charge in [-0.1, -0.05) is 6.92 Å². The predicted octanol–water partition coefficient (Wildman–Crippen LogP) is 1.57. The van der Waals surface area contributed by atoms with Crippen LogP contribution >= 0.6 is 0 Å². The summed E-state index contributed by atoms with van der Waals surface area (Å²) in [6.07, 6.45) is 1.47. The van der Waals surface area contributed by atoms with Crippen LogP contribution in [0.5, 0.6) is 5.75 Å². The Morgan fingerprint density at radius 2 is 2.06 bits per heavy atom. The van der Waals surface area contributed by atoms with Gasteiger partial charge in [-0.3, -0.25) is 14.4 Å². The molecule has 1 saturated heterocycles. The van der Waals surface area contributed by atoms with Crippen LogP contribution in [0, 0.1) is 0 Å². The van der Waals surface area contributed by atoms with E-state index in [1.807, 2.05) is 0 Å². The molecule has 170 valence electrons. The second-order valence-corrected chi connectivity index (χ2v) is 7.83. The number of nitrogens with one attached hydrogen (secondary N) is 2. The molecule has 31 heavy (non-hydrogen) atoms. The highest BCUT2D eigenvalue weighted by molar-refractivity contribution is 5.99. The van der Waals surface area contributed by atoms with Gasteiger partial charge in [0.2, 0.25) is 11.8 Å². The van der Waals surface area contributed by atoms with Crippen molar-refractivity contribution in [2.45, 2.75) is 50.9 Å². The standard InChI is InChI=1S/C22H31N3O6/c1-4-20(26)24-14-5-8-18-16(11-14)22(28)25(2)17-7-6-15(31-19(17)13-30-18)12-21(27)23-9-10-29-3/h5,8,11,15,17,19H,4,6-7,9-10,12-13H2,1-3H3,(H,23,27)(H,24,26)/t15-,17+,19-/m0/s1. The molecule has 2 heterocycles. The van der Waals surface area contributed by atoms with Crippen LogP contribution in [0.15, 0.2) is 18.2 Å². The second kappa shape index (κ2) is 10.6. The van der Waals surface area contributed by atoms with E-state index in [0.29, 0.717) is 49.4 Å². The molecule has 0 bridgehead atoms. The molecule has 2 aliphatic rings. The van der Waals surface area contributed by atoms with E-state index in [-0.39, 0.29) is 49.0 Å². The van der Waals surface area contributed by atoms with Crippen LogP contribution in [0.4, 0.5) is 5.69 Å². The Labute approximate surface area is 182 Å². The van der Waals surface area contributed by atoms with Crippen LogP contribution in [0.2, 0.25) is 0 Å². The summed E-state index contributed by atoms with van der Waals surface area (Å²) < 4.78 is 17.0. The molecule has 1 fully saturated rings. The minimum absolute atomic E-state index is 0.0799. The van der Waals surface area contributed by atoms with Gasteiger partial charge in [-0.05, 0) is 31.0 Å². The third-order valence-electron chi connectivity index (χ3n) is 5.66. The first-order valence-electron chi connectivity index (χ1n) is 10.7. The third-order valence-corrected chi connectivity index (χ3v) is 5.66. The van der Waals surface area contributed by atoms with E-state index in [0.717, 1.165) is 0 Å². The summed E-state index contributed by atoms with van der Waals surface area (Å²) in [5, 5.41) is 5.58. The Bertz CT molecular complexity index is 814. The first-order valence-corrected chi connectivity index (χ1v) is 10.7. The normalized spacial score (nSPS) is 23.0. The lowest BCUT2D eigenvalue weighted by molar-refractivity contribution is -0.134. The zero-order valence-electron chi connectivity index (χ0n) is 18.3. The van der Waals surface area contributed by atoms with Crippen molar-refractivity contribution in [1.82, 2.24) is 10.2 Å². The summed E-state index contributed by atoms with van der Waals surface area (Å²) in [4.78, 5) is 38.7. The maximum atomic E-state index is 13.2. The number of methoxy groups -OCH3 is 1. The van der Waals surface area contributed by atoms with Crippen molar-refractivity contribution < 1.29 is 28.6 Å². The monoisotopic (exact) mass is 433 g/mol. The number of carbonyl (C=O) groups is 3. The summed E-state index contributed by atoms with van der Waals surface area (Å²) in [5.41, 5.74) is 0.974. The van der Waals surface area contributed by atoms with Gasteiger partial charge >= 0.3 is 0 Å². The van der Waals surface area contributed by atoms with Crippen molar-refractivity contribution >= 4 is 23.4 Å². The quantitative estimate of drug-likeness (QED) is 0.633. The van der Waals surface area contributed by atoms with E-state index in [9.17, 15) is 14.4 Å². The van der Waals surface area contributed by atoms with E-state index < -0.39 is 0 Å². The lowest BCUT2D eigenvalue weighted by Gasteiger charge is -2.42. The summed E-state index contributed by atoms with van der Waals surface area (Å²) in [7, 11) is 3.34. The molecular formula is C22H31N3O6. The Morgan fingerprint density at radius 1 is 1.26 bits per heavy atom. The number of benzene rings is 1. The van der Waals surface area contributed by atoms with Crippen molar-refractivity contribution in [3.05, 3.63) is 23.8 Å². The number of fused-ring (bicyclic) bond motifs is 2. The molecule has 3 atom stereocenters. The Kier molecular flexibility index (Phi) is 7.86. The molecule has 0 unspecified atom stereocenters. The Morgan fingerprint density at radius 3 is 2.81 bits per heavy atom. The minimum Gasteiger partial charge on any atom is -0.490 e. The van der Waals surface area contributed by atoms with Crippen LogP contribution in [-0.4, -0.2) is 74.8 Å². The summed E-state index contributed by atoms with van der Waals surface area (Å²) in [5.74, 6) is 0.0683. The second-order valence-electron chi connectivity index (χ2n) is 7.83. The fourth-order valence-corrected chi connectivity index (χ4v) is 3.93. The van der Waals surface area contributed by atoms with Crippen molar-refractivity contribution in [2.24, 2.45) is 0 Å². The Balaban J connectivity index is 1.68. The third kappa shape index (κ3) is 5.74. The van der Waals surface area contributed by atoms with Crippen LogP contribution < -0.4 is 15.4 Å². The first-order chi connectivity index (χ1) is 14.9. The van der Waals surface area contributed by atoms with Crippen LogP contribution in [0.1, 0.15) is 43.0 Å². The number of carbonyl (C=O) groups excluding carboxylic acids is 3. The summed E-state index contributed by atoms with van der Waals surface area (Å²) >= 11 is 0. The highest BCUT2D eigenvalue weighted by Crippen LogP contribution is 2.32. The first kappa shape index (κ1) is 23.0. The fourth-order valence-electron chi connectivity index (χ4n) is 3.93. The number of rotatable bonds is 7. The minimum atomic E-state index is -0.327. The Hall–Kier alpha value is -2.65. The molecule has 0 spiro atoms. The molecule has 1 aromatic rings. The molecule has 3 rings (SSSR count). The van der Waals surface area contributed by atoms with E-state index in [1.165, 1.54) is 0 Å². The van der Waals surface area contributed by atoms with E-state index >= 15 is 0 Å². The largest absolute Gasteiger partial charge is 0.490 e. The van der Waals surface area contributed by atoms with Crippen LogP contribution in [-0.2, 0) is 19.1 Å². The van der Waals surface area contributed by atoms with E-state index in [1.54, 1.807) is 44.2 Å². The average molecular weight is 434 g/mol. The van der Waals surface area contributed by atoms with E-state index in [2.05, 4.69) is 10.6 Å². The van der Waals surface area contributed by atoms with Gasteiger partial charge in [0, 0.05) is 32.8 Å². The summed E-state index contributed by atoms with van der Waals surface area (Å²) in [6.45, 7) is 2.97. The van der Waals surface area contributed by atoms with Crippen molar-refractivity contribution in [3.8, 4) is 5.75 Å². The molecule has 9 heteroatoms. The molecule has 2 aliphatic heterocycles. The van der Waals surface area contributed by atoms with Gasteiger partial charge in [-0.25, -0.2) is 0 Å². The molecule has 0 aliphatic carbocycles. The topological polar surface area (TPSA) is 106 Å². The van der Waals surface area contributed by atoms with Gasteiger partial charge in [0.05, 0.1) is 30.7 Å². The van der Waals surface area contributed by atoms with Crippen LogP contribution in [0.25, 0.3) is 0 Å². The number of ether oxygens (including phenoxy) is 3. The molecule has 9 nitrogen and oxygen atoms in total. The predicted molar refractivity (Wildman–Crippen MR) is 114 cm³/mol. The maximum Gasteiger partial charge on any atom is 0.257 e. The van der Waals surface area contributed by atoms with E-state index in [4.69, 9.17) is 14.2 Å². The lowest BCUT2D eigenvalue weighted by Crippen LogP contribution is -2.54. The SMILES string of the molecule is CCC(=O)Nc1ccc2c(c1)C(=O)N(C)[C@@H]1CC[C@@H](CC(=O)NCCOC)O[C@H]1CO2. The number of hydrogen-bond acceptors (Lipinski definition) is 6. The number of hydrogen-bond donors (Lipinski definition) is 2. The molecular weight excluding hydrogens is 402 g/mol. The van der Waals surface area contributed by atoms with Crippen LogP contribution in [0.3, 0.4) is 0 Å². The smallest absolute Gasteiger partial charge is 0.257 e. The molecule has 1 aromatic carbocycles. The molecule has 0 aromatic heterocycles. The fraction of sp³-hybridized carbons (Fsp3) is 0.591. The van der Waals surface area contributed by atoms with Crippen molar-refractivity contribution in [2.75, 3.05) is 39.2 Å². The molecule has 2 N–H and O–H groups in total. The van der Waals surface area contributed by atoms with Gasteiger partial charge < -0.3 is 29.7 Å². The molecule has 0 saturated carbocycles. The summed E-state index contributed by atoms with van der Waals surface area (Å²) in [6, 6.07) is 4.91. The molecule has 0 radical (unpaired) electrons. The van der Waals surface area contributed by atoms with Gasteiger partial charge in [-0.15, -0.1) is 0 Å². The van der Waals surface area contributed by atoms with Gasteiger partial charge in [0.25, 0.3) is 5.91 Å². The number of anilines is 1. The van der Waals surface area contributed by atoms with Crippen molar-refractivity contribution in [1.29, 1.82) is 0 Å². The number of amides is 3. The average Bonchev–Trinajstić information content (AvgIpc) is 2.76.